The molecular formula is C19H26F2N2O3. The van der Waals surface area contributed by atoms with E-state index in [4.69, 9.17) is 4.74 Å². The number of amides is 2. The van der Waals surface area contributed by atoms with Crippen LogP contribution in [0.2, 0.25) is 0 Å². The van der Waals surface area contributed by atoms with Crippen molar-refractivity contribution in [1.29, 1.82) is 0 Å². The maximum Gasteiger partial charge on any atom is 0.317 e. The van der Waals surface area contributed by atoms with Crippen LogP contribution < -0.4 is 5.32 Å². The standard InChI is InChI=1S/C19H26F2N2O3/c1-3-9-22-18(25)23-10-5-8-19(13-23,17(24)26-4-2)12-14-6-7-15(20)11-16(14)21/h6-7,11H,3-5,8-10,12-13H2,1-2H3,(H,22,25)/t19-/m0/s1. The number of nitrogens with zero attached hydrogens (tertiary/aromatic N) is 1. The van der Waals surface area contributed by atoms with Crippen LogP contribution in [0.4, 0.5) is 13.6 Å². The topological polar surface area (TPSA) is 58.6 Å². The number of ether oxygens (including phenoxy) is 1. The van der Waals surface area contributed by atoms with Gasteiger partial charge < -0.3 is 15.0 Å². The molecule has 2 amide bonds. The first kappa shape index (κ1) is 20.1. The van der Waals surface area contributed by atoms with Crippen molar-refractivity contribution in [3.63, 3.8) is 0 Å². The molecular weight excluding hydrogens is 342 g/mol. The van der Waals surface area contributed by atoms with Crippen LogP contribution in [-0.2, 0) is 16.0 Å². The summed E-state index contributed by atoms with van der Waals surface area (Å²) in [5.74, 6) is -1.81. The predicted molar refractivity (Wildman–Crippen MR) is 93.6 cm³/mol. The monoisotopic (exact) mass is 368 g/mol. The molecule has 0 bridgehead atoms. The molecule has 2 rings (SSSR count). The lowest BCUT2D eigenvalue weighted by molar-refractivity contribution is -0.158. The average molecular weight is 368 g/mol. The Morgan fingerprint density at radius 2 is 2.08 bits per heavy atom. The lowest BCUT2D eigenvalue weighted by Gasteiger charge is -2.41. The van der Waals surface area contributed by atoms with Gasteiger partial charge in [0.25, 0.3) is 0 Å². The van der Waals surface area contributed by atoms with Gasteiger partial charge in [-0.2, -0.15) is 0 Å². The van der Waals surface area contributed by atoms with Crippen molar-refractivity contribution in [3.05, 3.63) is 35.4 Å². The van der Waals surface area contributed by atoms with Crippen LogP contribution in [0.25, 0.3) is 0 Å². The number of rotatable bonds is 6. The van der Waals surface area contributed by atoms with Gasteiger partial charge in [0.05, 0.1) is 12.0 Å². The number of piperidine rings is 1. The Bertz CT molecular complexity index is 654. The summed E-state index contributed by atoms with van der Waals surface area (Å²) in [5.41, 5.74) is -0.786. The molecule has 1 heterocycles. The quantitative estimate of drug-likeness (QED) is 0.784. The number of benzene rings is 1. The molecule has 144 valence electrons. The first-order chi connectivity index (χ1) is 12.4. The minimum absolute atomic E-state index is 0.0650. The second-order valence-corrected chi connectivity index (χ2v) is 6.67. The zero-order valence-corrected chi connectivity index (χ0v) is 15.3. The molecule has 0 spiro atoms. The van der Waals surface area contributed by atoms with Gasteiger partial charge in [0.15, 0.2) is 0 Å². The van der Waals surface area contributed by atoms with Gasteiger partial charge in [0.1, 0.15) is 11.6 Å². The molecule has 1 saturated heterocycles. The van der Waals surface area contributed by atoms with Gasteiger partial charge in [0.2, 0.25) is 0 Å². The number of halogens is 2. The van der Waals surface area contributed by atoms with Crippen molar-refractivity contribution in [3.8, 4) is 0 Å². The van der Waals surface area contributed by atoms with Crippen molar-refractivity contribution in [2.45, 2.75) is 39.5 Å². The van der Waals surface area contributed by atoms with Crippen molar-refractivity contribution < 1.29 is 23.1 Å². The summed E-state index contributed by atoms with van der Waals surface area (Å²) in [5, 5.41) is 2.80. The Morgan fingerprint density at radius 3 is 2.73 bits per heavy atom. The molecule has 7 heteroatoms. The molecule has 0 aromatic heterocycles. The Kier molecular flexibility index (Phi) is 6.94. The summed E-state index contributed by atoms with van der Waals surface area (Å²) in [6.45, 7) is 5.10. The second kappa shape index (κ2) is 8.96. The largest absolute Gasteiger partial charge is 0.466 e. The Labute approximate surface area is 152 Å². The molecule has 1 aliphatic rings. The molecule has 1 fully saturated rings. The highest BCUT2D eigenvalue weighted by Gasteiger charge is 2.45. The van der Waals surface area contributed by atoms with E-state index in [1.54, 1.807) is 11.8 Å². The zero-order valence-electron chi connectivity index (χ0n) is 15.3. The van der Waals surface area contributed by atoms with Crippen molar-refractivity contribution in [2.24, 2.45) is 5.41 Å². The summed E-state index contributed by atoms with van der Waals surface area (Å²) >= 11 is 0. The van der Waals surface area contributed by atoms with E-state index in [-0.39, 0.29) is 31.2 Å². The number of hydrogen-bond donors (Lipinski definition) is 1. The molecule has 0 aliphatic carbocycles. The maximum atomic E-state index is 14.2. The minimum atomic E-state index is -1.03. The van der Waals surface area contributed by atoms with Gasteiger partial charge in [-0.05, 0) is 44.2 Å². The summed E-state index contributed by atoms with van der Waals surface area (Å²) < 4.78 is 32.6. The molecule has 1 aromatic rings. The molecule has 5 nitrogen and oxygen atoms in total. The van der Waals surface area contributed by atoms with Crippen LogP contribution in [0.3, 0.4) is 0 Å². The third-order valence-corrected chi connectivity index (χ3v) is 4.64. The molecule has 0 unspecified atom stereocenters. The molecule has 1 N–H and O–H groups in total. The number of likely N-dealkylation sites (tertiary alicyclic amines) is 1. The highest BCUT2D eigenvalue weighted by Crippen LogP contribution is 2.36. The van der Waals surface area contributed by atoms with Gasteiger partial charge in [0, 0.05) is 25.7 Å². The lowest BCUT2D eigenvalue weighted by Crippen LogP contribution is -2.54. The Hall–Kier alpha value is -2.18. The van der Waals surface area contributed by atoms with Gasteiger partial charge in [-0.3, -0.25) is 4.79 Å². The lowest BCUT2D eigenvalue weighted by atomic mass is 9.75. The summed E-state index contributed by atoms with van der Waals surface area (Å²) in [7, 11) is 0. The number of nitrogens with one attached hydrogen (secondary N) is 1. The fraction of sp³-hybridized carbons (Fsp3) is 0.579. The van der Waals surface area contributed by atoms with Crippen LogP contribution in [0.5, 0.6) is 0 Å². The van der Waals surface area contributed by atoms with Gasteiger partial charge in [-0.1, -0.05) is 13.0 Å². The van der Waals surface area contributed by atoms with E-state index >= 15 is 0 Å². The predicted octanol–water partition coefficient (Wildman–Crippen LogP) is 3.27. The SMILES string of the molecule is CCCNC(=O)N1CCC[C@@](Cc2ccc(F)cc2F)(C(=O)OCC)C1. The summed E-state index contributed by atoms with van der Waals surface area (Å²) in [6.07, 6.45) is 1.97. The third kappa shape index (κ3) is 4.71. The van der Waals surface area contributed by atoms with Gasteiger partial charge >= 0.3 is 12.0 Å². The van der Waals surface area contributed by atoms with Crippen molar-refractivity contribution >= 4 is 12.0 Å². The third-order valence-electron chi connectivity index (χ3n) is 4.64. The van der Waals surface area contributed by atoms with Crippen LogP contribution in [0.15, 0.2) is 18.2 Å². The maximum absolute atomic E-state index is 14.2. The highest BCUT2D eigenvalue weighted by molar-refractivity contribution is 5.80. The van der Waals surface area contributed by atoms with Crippen molar-refractivity contribution in [2.75, 3.05) is 26.2 Å². The van der Waals surface area contributed by atoms with Crippen LogP contribution >= 0.6 is 0 Å². The van der Waals surface area contributed by atoms with E-state index in [2.05, 4.69) is 5.32 Å². The number of urea groups is 1. The number of esters is 1. The van der Waals surface area contributed by atoms with E-state index in [0.717, 1.165) is 12.5 Å². The smallest absolute Gasteiger partial charge is 0.317 e. The van der Waals surface area contributed by atoms with Crippen molar-refractivity contribution in [1.82, 2.24) is 10.2 Å². The van der Waals surface area contributed by atoms with E-state index in [0.29, 0.717) is 25.9 Å². The molecule has 0 radical (unpaired) electrons. The molecule has 26 heavy (non-hydrogen) atoms. The molecule has 1 atom stereocenters. The van der Waals surface area contributed by atoms with Crippen LogP contribution in [0.1, 0.15) is 38.7 Å². The number of carbonyl (C=O) groups excluding carboxylic acids is 2. The Balaban J connectivity index is 2.26. The van der Waals surface area contributed by atoms with E-state index in [1.807, 2.05) is 6.92 Å². The first-order valence-electron chi connectivity index (χ1n) is 9.06. The fourth-order valence-electron chi connectivity index (χ4n) is 3.35. The average Bonchev–Trinajstić information content (AvgIpc) is 2.62. The molecule has 0 saturated carbocycles. The highest BCUT2D eigenvalue weighted by atomic mass is 19.1. The molecule has 1 aliphatic heterocycles. The summed E-state index contributed by atoms with van der Waals surface area (Å²) in [4.78, 5) is 26.6. The van der Waals surface area contributed by atoms with E-state index in [1.165, 1.54) is 12.1 Å². The minimum Gasteiger partial charge on any atom is -0.466 e. The second-order valence-electron chi connectivity index (χ2n) is 6.67. The van der Waals surface area contributed by atoms with Crippen LogP contribution in [0, 0.1) is 17.0 Å². The Morgan fingerprint density at radius 1 is 1.31 bits per heavy atom. The number of carbonyl (C=O) groups is 2. The van der Waals surface area contributed by atoms with Gasteiger partial charge in [-0.25, -0.2) is 13.6 Å². The number of hydrogen-bond acceptors (Lipinski definition) is 3. The molecule has 1 aromatic carbocycles. The van der Waals surface area contributed by atoms with Gasteiger partial charge in [-0.15, -0.1) is 0 Å². The zero-order chi connectivity index (χ0) is 19.2. The van der Waals surface area contributed by atoms with Crippen LogP contribution in [-0.4, -0.2) is 43.1 Å². The fourth-order valence-corrected chi connectivity index (χ4v) is 3.35. The van der Waals surface area contributed by atoms with E-state index in [9.17, 15) is 18.4 Å². The van der Waals surface area contributed by atoms with E-state index < -0.39 is 23.0 Å². The normalized spacial score (nSPS) is 19.9. The first-order valence-corrected chi connectivity index (χ1v) is 9.06. The summed E-state index contributed by atoms with van der Waals surface area (Å²) in [6, 6.07) is 3.09.